The van der Waals surface area contributed by atoms with Gasteiger partial charge in [-0.1, -0.05) is 30.3 Å². The molecule has 2 aromatic carbocycles. The molecule has 0 aliphatic rings. The van der Waals surface area contributed by atoms with E-state index < -0.39 is 7.60 Å². The second kappa shape index (κ2) is 3.95. The van der Waals surface area contributed by atoms with E-state index >= 15 is 0 Å². The molecular weight excluding hydrogens is 251 g/mol. The summed E-state index contributed by atoms with van der Waals surface area (Å²) in [6.07, 6.45) is -0.270. The van der Waals surface area contributed by atoms with Gasteiger partial charge in [0.15, 0.2) is 0 Å². The molecule has 0 unspecified atom stereocenters. The Hall–Kier alpha value is -1.61. The highest BCUT2D eigenvalue weighted by Gasteiger charge is 2.18. The van der Waals surface area contributed by atoms with Crippen LogP contribution in [0, 0.1) is 0 Å². The van der Waals surface area contributed by atoms with Crippen molar-refractivity contribution in [2.75, 3.05) is 0 Å². The Labute approximate surface area is 103 Å². The van der Waals surface area contributed by atoms with Gasteiger partial charge in [0.1, 0.15) is 11.2 Å². The van der Waals surface area contributed by atoms with Gasteiger partial charge in [-0.2, -0.15) is 0 Å². The first-order valence-electron chi connectivity index (χ1n) is 5.48. The molecule has 0 spiro atoms. The second-order valence-electron chi connectivity index (χ2n) is 4.21. The quantitative estimate of drug-likeness (QED) is 0.695. The van der Waals surface area contributed by atoms with Crippen LogP contribution in [0.3, 0.4) is 0 Å². The van der Waals surface area contributed by atoms with Crippen molar-refractivity contribution < 1.29 is 18.8 Å². The van der Waals surface area contributed by atoms with Crippen LogP contribution < -0.4 is 0 Å². The van der Waals surface area contributed by atoms with Gasteiger partial charge in [-0.15, -0.1) is 0 Å². The molecule has 92 valence electrons. The molecule has 2 N–H and O–H groups in total. The van der Waals surface area contributed by atoms with Gasteiger partial charge in [0.25, 0.3) is 0 Å². The van der Waals surface area contributed by atoms with E-state index in [2.05, 4.69) is 0 Å². The average Bonchev–Trinajstić information content (AvgIpc) is 2.66. The standard InChI is InChI=1S/C13H11O4P/c14-18(15,16)8-9-4-3-7-12-13(9)10-5-1-2-6-11(10)17-12/h1-7H,8H2,(H2,14,15,16). The first kappa shape index (κ1) is 11.5. The molecule has 1 heterocycles. The third-order valence-corrected chi connectivity index (χ3v) is 3.62. The van der Waals surface area contributed by atoms with Crippen molar-refractivity contribution in [2.24, 2.45) is 0 Å². The van der Waals surface area contributed by atoms with Gasteiger partial charge in [-0.25, -0.2) is 0 Å². The monoisotopic (exact) mass is 262 g/mol. The van der Waals surface area contributed by atoms with Gasteiger partial charge >= 0.3 is 7.60 Å². The summed E-state index contributed by atoms with van der Waals surface area (Å²) < 4.78 is 16.8. The molecular formula is C13H11O4P. The summed E-state index contributed by atoms with van der Waals surface area (Å²) in [5, 5.41) is 1.67. The second-order valence-corrected chi connectivity index (χ2v) is 5.86. The van der Waals surface area contributed by atoms with E-state index in [1.54, 1.807) is 18.2 Å². The van der Waals surface area contributed by atoms with E-state index in [9.17, 15) is 4.57 Å². The maximum atomic E-state index is 11.2. The molecule has 1 aromatic heterocycles. The van der Waals surface area contributed by atoms with Crippen molar-refractivity contribution in [3.8, 4) is 0 Å². The van der Waals surface area contributed by atoms with Gasteiger partial charge in [-0.3, -0.25) is 4.57 Å². The third-order valence-electron chi connectivity index (χ3n) is 2.87. The van der Waals surface area contributed by atoms with Crippen molar-refractivity contribution in [2.45, 2.75) is 6.16 Å². The highest BCUT2D eigenvalue weighted by Crippen LogP contribution is 2.42. The predicted molar refractivity (Wildman–Crippen MR) is 69.5 cm³/mol. The van der Waals surface area contributed by atoms with Crippen molar-refractivity contribution in [1.82, 2.24) is 0 Å². The summed E-state index contributed by atoms with van der Waals surface area (Å²) in [4.78, 5) is 18.2. The van der Waals surface area contributed by atoms with E-state index in [1.807, 2.05) is 24.3 Å². The molecule has 18 heavy (non-hydrogen) atoms. The lowest BCUT2D eigenvalue weighted by Gasteiger charge is -2.05. The normalized spacial score (nSPS) is 12.3. The zero-order valence-corrected chi connectivity index (χ0v) is 10.3. The molecule has 0 fully saturated rings. The smallest absolute Gasteiger partial charge is 0.329 e. The molecule has 3 rings (SSSR count). The minimum Gasteiger partial charge on any atom is -0.456 e. The van der Waals surface area contributed by atoms with Crippen LogP contribution in [0.2, 0.25) is 0 Å². The molecule has 4 nitrogen and oxygen atoms in total. The van der Waals surface area contributed by atoms with Crippen molar-refractivity contribution >= 4 is 29.5 Å². The Bertz CT molecular complexity index is 769. The fourth-order valence-electron chi connectivity index (χ4n) is 2.20. The average molecular weight is 262 g/mol. The number of para-hydroxylation sites is 1. The maximum absolute atomic E-state index is 11.2. The van der Waals surface area contributed by atoms with Crippen molar-refractivity contribution in [3.05, 3.63) is 48.0 Å². The zero-order valence-electron chi connectivity index (χ0n) is 9.41. The van der Waals surface area contributed by atoms with Crippen LogP contribution in [0.4, 0.5) is 0 Å². The van der Waals surface area contributed by atoms with E-state index in [-0.39, 0.29) is 6.16 Å². The molecule has 0 aliphatic heterocycles. The fraction of sp³-hybridized carbons (Fsp3) is 0.0769. The number of hydrogen-bond acceptors (Lipinski definition) is 2. The Morgan fingerprint density at radius 3 is 2.50 bits per heavy atom. The van der Waals surface area contributed by atoms with Crippen LogP contribution in [0.25, 0.3) is 21.9 Å². The van der Waals surface area contributed by atoms with Gasteiger partial charge in [-0.05, 0) is 17.7 Å². The Balaban J connectivity index is 2.35. The summed E-state index contributed by atoms with van der Waals surface area (Å²) >= 11 is 0. The van der Waals surface area contributed by atoms with Crippen LogP contribution in [0.15, 0.2) is 46.9 Å². The summed E-state index contributed by atoms with van der Waals surface area (Å²) in [5.41, 5.74) is 2.00. The molecule has 5 heteroatoms. The van der Waals surface area contributed by atoms with Gasteiger partial charge < -0.3 is 14.2 Å². The molecule has 0 radical (unpaired) electrons. The lowest BCUT2D eigenvalue weighted by molar-refractivity contribution is 0.372. The molecule has 0 saturated heterocycles. The van der Waals surface area contributed by atoms with Crippen LogP contribution in [0.5, 0.6) is 0 Å². The van der Waals surface area contributed by atoms with E-state index in [0.717, 1.165) is 16.4 Å². The minimum absolute atomic E-state index is 0.270. The first-order valence-corrected chi connectivity index (χ1v) is 7.28. The van der Waals surface area contributed by atoms with Crippen LogP contribution in [-0.2, 0) is 10.7 Å². The third kappa shape index (κ3) is 1.95. The van der Waals surface area contributed by atoms with Gasteiger partial charge in [0, 0.05) is 10.8 Å². The first-order chi connectivity index (χ1) is 8.54. The Morgan fingerprint density at radius 1 is 1.00 bits per heavy atom. The summed E-state index contributed by atoms with van der Waals surface area (Å²) in [7, 11) is -4.09. The Kier molecular flexibility index (Phi) is 2.52. The summed E-state index contributed by atoms with van der Waals surface area (Å²) in [6, 6.07) is 12.8. The van der Waals surface area contributed by atoms with E-state index in [4.69, 9.17) is 14.2 Å². The van der Waals surface area contributed by atoms with Crippen LogP contribution in [0.1, 0.15) is 5.56 Å². The minimum atomic E-state index is -4.09. The number of hydrogen-bond donors (Lipinski definition) is 2. The van der Waals surface area contributed by atoms with Crippen molar-refractivity contribution in [3.63, 3.8) is 0 Å². The topological polar surface area (TPSA) is 70.7 Å². The molecule has 3 aromatic rings. The molecule has 0 atom stereocenters. The lowest BCUT2D eigenvalue weighted by Crippen LogP contribution is -1.87. The van der Waals surface area contributed by atoms with E-state index in [0.29, 0.717) is 11.1 Å². The molecule has 0 saturated carbocycles. The summed E-state index contributed by atoms with van der Waals surface area (Å²) in [5.74, 6) is 0. The van der Waals surface area contributed by atoms with Crippen LogP contribution in [-0.4, -0.2) is 9.79 Å². The number of benzene rings is 2. The molecule has 0 amide bonds. The highest BCUT2D eigenvalue weighted by atomic mass is 31.2. The highest BCUT2D eigenvalue weighted by molar-refractivity contribution is 7.50. The Morgan fingerprint density at radius 2 is 1.72 bits per heavy atom. The summed E-state index contributed by atoms with van der Waals surface area (Å²) in [6.45, 7) is 0. The van der Waals surface area contributed by atoms with Crippen LogP contribution >= 0.6 is 7.60 Å². The lowest BCUT2D eigenvalue weighted by atomic mass is 10.1. The molecule has 0 bridgehead atoms. The largest absolute Gasteiger partial charge is 0.456 e. The van der Waals surface area contributed by atoms with Gasteiger partial charge in [0.05, 0.1) is 6.16 Å². The SMILES string of the molecule is O=P(O)(O)Cc1cccc2oc3ccccc3c12. The number of fused-ring (bicyclic) bond motifs is 3. The van der Waals surface area contributed by atoms with Crippen molar-refractivity contribution in [1.29, 1.82) is 0 Å². The number of furan rings is 1. The number of rotatable bonds is 2. The predicted octanol–water partition coefficient (Wildman–Crippen LogP) is 3.26. The fourth-order valence-corrected chi connectivity index (χ4v) is 2.91. The van der Waals surface area contributed by atoms with Gasteiger partial charge in [0.2, 0.25) is 0 Å². The molecule has 0 aliphatic carbocycles. The zero-order chi connectivity index (χ0) is 12.8. The van der Waals surface area contributed by atoms with E-state index in [1.165, 1.54) is 0 Å². The maximum Gasteiger partial charge on any atom is 0.329 e.